The van der Waals surface area contributed by atoms with Crippen LogP contribution in [0.15, 0.2) is 42.5 Å². The zero-order valence-electron chi connectivity index (χ0n) is 13.8. The number of anilines is 1. The van der Waals surface area contributed by atoms with E-state index in [2.05, 4.69) is 10.6 Å². The van der Waals surface area contributed by atoms with Crippen LogP contribution in [0.25, 0.3) is 0 Å². The van der Waals surface area contributed by atoms with E-state index in [1.807, 2.05) is 6.92 Å². The third-order valence-corrected chi connectivity index (χ3v) is 3.98. The number of benzene rings is 2. The number of ether oxygens (including phenoxy) is 1. The van der Waals surface area contributed by atoms with Crippen molar-refractivity contribution in [1.82, 2.24) is 5.32 Å². The summed E-state index contributed by atoms with van der Waals surface area (Å²) in [5.74, 6) is -1.69. The summed E-state index contributed by atoms with van der Waals surface area (Å²) in [6, 6.07) is 11.2. The van der Waals surface area contributed by atoms with Gasteiger partial charge < -0.3 is 15.4 Å². The van der Waals surface area contributed by atoms with E-state index in [1.165, 1.54) is 12.1 Å². The number of amides is 2. The second-order valence-electron chi connectivity index (χ2n) is 5.36. The fraction of sp³-hybridized carbons (Fsp3) is 0.167. The molecule has 2 rings (SSSR count). The van der Waals surface area contributed by atoms with E-state index in [1.54, 1.807) is 30.3 Å². The van der Waals surface area contributed by atoms with Crippen molar-refractivity contribution in [3.05, 3.63) is 63.6 Å². The molecule has 2 N–H and O–H groups in total. The normalized spacial score (nSPS) is 10.1. The molecular weight excluding hydrogens is 379 g/mol. The van der Waals surface area contributed by atoms with Gasteiger partial charge in [-0.05, 0) is 48.9 Å². The van der Waals surface area contributed by atoms with Crippen molar-refractivity contribution in [3.8, 4) is 0 Å². The lowest BCUT2D eigenvalue weighted by Crippen LogP contribution is -2.32. The topological polar surface area (TPSA) is 84.5 Å². The highest BCUT2D eigenvalue weighted by Gasteiger charge is 2.11. The van der Waals surface area contributed by atoms with Gasteiger partial charge >= 0.3 is 5.97 Å². The number of hydrogen-bond donors (Lipinski definition) is 2. The molecule has 2 aromatic rings. The maximum atomic E-state index is 11.8. The van der Waals surface area contributed by atoms with E-state index in [0.717, 1.165) is 5.56 Å². The van der Waals surface area contributed by atoms with E-state index in [-0.39, 0.29) is 6.54 Å². The first kappa shape index (κ1) is 19.8. The van der Waals surface area contributed by atoms with Crippen LogP contribution in [0.5, 0.6) is 0 Å². The number of halogens is 2. The van der Waals surface area contributed by atoms with Crippen LogP contribution in [0.4, 0.5) is 5.69 Å². The molecule has 0 aliphatic heterocycles. The van der Waals surface area contributed by atoms with E-state index in [4.69, 9.17) is 27.9 Å². The molecule has 0 bridgehead atoms. The molecule has 0 saturated carbocycles. The van der Waals surface area contributed by atoms with Gasteiger partial charge in [-0.25, -0.2) is 0 Å². The minimum absolute atomic E-state index is 0.356. The van der Waals surface area contributed by atoms with Crippen LogP contribution in [-0.4, -0.2) is 30.9 Å². The number of carbonyl (C=O) groups excluding carboxylic acids is 3. The van der Waals surface area contributed by atoms with Gasteiger partial charge in [0.2, 0.25) is 0 Å². The molecule has 0 radical (unpaired) electrons. The molecule has 0 aliphatic carbocycles. The molecule has 26 heavy (non-hydrogen) atoms. The summed E-state index contributed by atoms with van der Waals surface area (Å²) in [6.07, 6.45) is 0. The van der Waals surface area contributed by atoms with Crippen molar-refractivity contribution < 1.29 is 19.1 Å². The molecule has 0 saturated heterocycles. The maximum Gasteiger partial charge on any atom is 0.325 e. The van der Waals surface area contributed by atoms with Crippen LogP contribution < -0.4 is 10.6 Å². The molecule has 0 fully saturated rings. The lowest BCUT2D eigenvalue weighted by atomic mass is 10.2. The number of nitrogens with one attached hydrogen (secondary N) is 2. The Morgan fingerprint density at radius 2 is 1.73 bits per heavy atom. The van der Waals surface area contributed by atoms with Crippen molar-refractivity contribution in [2.45, 2.75) is 6.92 Å². The van der Waals surface area contributed by atoms with Crippen LogP contribution in [0.2, 0.25) is 10.0 Å². The zero-order chi connectivity index (χ0) is 19.1. The molecule has 0 aliphatic rings. The second kappa shape index (κ2) is 9.22. The van der Waals surface area contributed by atoms with E-state index >= 15 is 0 Å². The first-order valence-electron chi connectivity index (χ1n) is 7.60. The zero-order valence-corrected chi connectivity index (χ0v) is 15.4. The molecule has 0 aromatic heterocycles. The molecule has 0 heterocycles. The second-order valence-corrected chi connectivity index (χ2v) is 6.21. The average Bonchev–Trinajstić information content (AvgIpc) is 2.61. The van der Waals surface area contributed by atoms with Crippen LogP contribution >= 0.6 is 23.2 Å². The van der Waals surface area contributed by atoms with Crippen LogP contribution in [0.1, 0.15) is 15.9 Å². The molecule has 2 aromatic carbocycles. The number of carbonyl (C=O) groups is 3. The van der Waals surface area contributed by atoms with Crippen molar-refractivity contribution in [1.29, 1.82) is 0 Å². The Hall–Kier alpha value is -2.57. The Labute approximate surface area is 160 Å². The lowest BCUT2D eigenvalue weighted by Gasteiger charge is -2.08. The van der Waals surface area contributed by atoms with Crippen molar-refractivity contribution in [2.75, 3.05) is 18.5 Å². The average molecular weight is 395 g/mol. The van der Waals surface area contributed by atoms with Crippen LogP contribution in [0.3, 0.4) is 0 Å². The first-order valence-corrected chi connectivity index (χ1v) is 8.36. The molecule has 6 nitrogen and oxygen atoms in total. The summed E-state index contributed by atoms with van der Waals surface area (Å²) >= 11 is 11.7. The highest BCUT2D eigenvalue weighted by Crippen LogP contribution is 2.19. The molecule has 0 spiro atoms. The summed E-state index contributed by atoms with van der Waals surface area (Å²) in [6.45, 7) is 1.01. The Bertz CT molecular complexity index is 822. The van der Waals surface area contributed by atoms with Gasteiger partial charge in [-0.1, -0.05) is 29.3 Å². The minimum Gasteiger partial charge on any atom is -0.454 e. The van der Waals surface area contributed by atoms with Gasteiger partial charge in [0.05, 0.1) is 0 Å². The Kier molecular flexibility index (Phi) is 7.00. The van der Waals surface area contributed by atoms with Gasteiger partial charge in [0, 0.05) is 21.3 Å². The predicted octanol–water partition coefficient (Wildman–Crippen LogP) is 3.21. The fourth-order valence-corrected chi connectivity index (χ4v) is 2.23. The van der Waals surface area contributed by atoms with Gasteiger partial charge in [0.15, 0.2) is 6.61 Å². The first-order chi connectivity index (χ1) is 12.3. The molecule has 0 atom stereocenters. The van der Waals surface area contributed by atoms with Crippen molar-refractivity contribution in [2.24, 2.45) is 0 Å². The van der Waals surface area contributed by atoms with Gasteiger partial charge in [0.25, 0.3) is 11.8 Å². The summed E-state index contributed by atoms with van der Waals surface area (Å²) < 4.78 is 4.82. The monoisotopic (exact) mass is 394 g/mol. The highest BCUT2D eigenvalue weighted by molar-refractivity contribution is 6.31. The smallest absolute Gasteiger partial charge is 0.325 e. The lowest BCUT2D eigenvalue weighted by molar-refractivity contribution is -0.146. The van der Waals surface area contributed by atoms with E-state index in [9.17, 15) is 14.4 Å². The summed E-state index contributed by atoms with van der Waals surface area (Å²) in [7, 11) is 0. The van der Waals surface area contributed by atoms with Crippen LogP contribution in [-0.2, 0) is 14.3 Å². The highest BCUT2D eigenvalue weighted by atomic mass is 35.5. The largest absolute Gasteiger partial charge is 0.454 e. The molecule has 136 valence electrons. The Morgan fingerprint density at radius 1 is 1.04 bits per heavy atom. The fourth-order valence-electron chi connectivity index (χ4n) is 1.92. The van der Waals surface area contributed by atoms with Crippen molar-refractivity contribution >= 4 is 46.7 Å². The number of aryl methyl sites for hydroxylation is 1. The van der Waals surface area contributed by atoms with Crippen molar-refractivity contribution in [3.63, 3.8) is 0 Å². The Balaban J connectivity index is 1.73. The predicted molar refractivity (Wildman–Crippen MR) is 99.6 cm³/mol. The number of esters is 1. The van der Waals surface area contributed by atoms with Gasteiger partial charge in [-0.2, -0.15) is 0 Å². The molecular formula is C18H16Cl2N2O4. The third-order valence-electron chi connectivity index (χ3n) is 3.32. The Morgan fingerprint density at radius 3 is 2.38 bits per heavy atom. The van der Waals surface area contributed by atoms with Gasteiger partial charge in [-0.3, -0.25) is 14.4 Å². The molecule has 8 heteroatoms. The minimum atomic E-state index is -0.732. The quantitative estimate of drug-likeness (QED) is 0.736. The van der Waals surface area contributed by atoms with E-state index in [0.29, 0.717) is 21.3 Å². The standard InChI is InChI=1S/C18H16Cl2N2O4/c1-11-2-7-14(8-15(11)20)22-16(23)10-26-17(24)9-21-18(25)12-3-5-13(19)6-4-12/h2-8H,9-10H2,1H3,(H,21,25)(H,22,23). The van der Waals surface area contributed by atoms with Crippen LogP contribution in [0, 0.1) is 6.92 Å². The number of hydrogen-bond acceptors (Lipinski definition) is 4. The number of rotatable bonds is 6. The summed E-state index contributed by atoms with van der Waals surface area (Å²) in [5, 5.41) is 5.98. The third kappa shape index (κ3) is 6.06. The van der Waals surface area contributed by atoms with Gasteiger partial charge in [0.1, 0.15) is 6.54 Å². The summed E-state index contributed by atoms with van der Waals surface area (Å²) in [5.41, 5.74) is 1.74. The SMILES string of the molecule is Cc1ccc(NC(=O)COC(=O)CNC(=O)c2ccc(Cl)cc2)cc1Cl. The van der Waals surface area contributed by atoms with Gasteiger partial charge in [-0.15, -0.1) is 0 Å². The summed E-state index contributed by atoms with van der Waals surface area (Å²) in [4.78, 5) is 35.2. The van der Waals surface area contributed by atoms with E-state index < -0.39 is 24.4 Å². The molecule has 2 amide bonds. The molecule has 0 unspecified atom stereocenters. The maximum absolute atomic E-state index is 11.8.